The molecule has 3 heteroatoms. The third-order valence-electron chi connectivity index (χ3n) is 5.44. The van der Waals surface area contributed by atoms with Crippen LogP contribution in [0.25, 0.3) is 0 Å². The van der Waals surface area contributed by atoms with Gasteiger partial charge in [0, 0.05) is 24.2 Å². The zero-order chi connectivity index (χ0) is 12.1. The van der Waals surface area contributed by atoms with Crippen molar-refractivity contribution in [2.24, 2.45) is 17.3 Å². The zero-order valence-electron chi connectivity index (χ0n) is 10.8. The molecule has 1 heterocycles. The minimum Gasteiger partial charge on any atom is -0.347 e. The Morgan fingerprint density at radius 3 is 2.65 bits per heavy atom. The van der Waals surface area contributed by atoms with Crippen LogP contribution in [0, 0.1) is 17.3 Å². The highest BCUT2D eigenvalue weighted by Crippen LogP contribution is 2.55. The van der Waals surface area contributed by atoms with E-state index in [9.17, 15) is 4.79 Å². The summed E-state index contributed by atoms with van der Waals surface area (Å²) in [6, 6.07) is 0. The highest BCUT2D eigenvalue weighted by atomic mass is 16.7. The number of Topliss-reactive ketones (excluding diaryl/α,β-unsaturated/α-hetero) is 1. The molecular weight excluding hydrogens is 216 g/mol. The number of ether oxygens (including phenoxy) is 2. The Kier molecular flexibility index (Phi) is 2.60. The summed E-state index contributed by atoms with van der Waals surface area (Å²) in [6.07, 6.45) is 4.78. The topological polar surface area (TPSA) is 35.5 Å². The standard InChI is InChI=1S/C14H22O3/c1-10-11-4-3-5-12(15)13(11,2)6-7-14(10)16-8-9-17-14/h10-11H,3-9H2,1-2H3/t10-,11-,13-/m1/s1. The van der Waals surface area contributed by atoms with E-state index in [0.717, 1.165) is 32.1 Å². The molecule has 0 amide bonds. The van der Waals surface area contributed by atoms with Crippen molar-refractivity contribution < 1.29 is 14.3 Å². The molecule has 3 aliphatic rings. The van der Waals surface area contributed by atoms with E-state index >= 15 is 0 Å². The number of rotatable bonds is 0. The summed E-state index contributed by atoms with van der Waals surface area (Å²) in [5, 5.41) is 0. The first-order valence-electron chi connectivity index (χ1n) is 6.90. The van der Waals surface area contributed by atoms with Crippen molar-refractivity contribution in [3.63, 3.8) is 0 Å². The molecule has 17 heavy (non-hydrogen) atoms. The molecule has 0 radical (unpaired) electrons. The second-order valence-electron chi connectivity index (χ2n) is 6.14. The van der Waals surface area contributed by atoms with Gasteiger partial charge < -0.3 is 9.47 Å². The Labute approximate surface area is 103 Å². The van der Waals surface area contributed by atoms with Crippen LogP contribution >= 0.6 is 0 Å². The molecule has 0 aromatic rings. The summed E-state index contributed by atoms with van der Waals surface area (Å²) in [7, 11) is 0. The lowest BCUT2D eigenvalue weighted by molar-refractivity contribution is -0.242. The summed E-state index contributed by atoms with van der Waals surface area (Å²) < 4.78 is 11.8. The van der Waals surface area contributed by atoms with Crippen LogP contribution in [0.3, 0.4) is 0 Å². The fourth-order valence-electron chi connectivity index (χ4n) is 4.27. The van der Waals surface area contributed by atoms with Crippen LogP contribution in [0.2, 0.25) is 0 Å². The smallest absolute Gasteiger partial charge is 0.171 e. The number of fused-ring (bicyclic) bond motifs is 1. The van der Waals surface area contributed by atoms with Gasteiger partial charge in [-0.3, -0.25) is 4.79 Å². The number of carbonyl (C=O) groups excluding carboxylic acids is 1. The maximum absolute atomic E-state index is 12.2. The Balaban J connectivity index is 1.90. The van der Waals surface area contributed by atoms with Crippen LogP contribution in [0.1, 0.15) is 46.0 Å². The minimum absolute atomic E-state index is 0.113. The summed E-state index contributed by atoms with van der Waals surface area (Å²) in [5.74, 6) is 0.874. The predicted molar refractivity (Wildman–Crippen MR) is 63.5 cm³/mol. The molecule has 2 saturated carbocycles. The van der Waals surface area contributed by atoms with E-state index < -0.39 is 0 Å². The van der Waals surface area contributed by atoms with Gasteiger partial charge >= 0.3 is 0 Å². The van der Waals surface area contributed by atoms with E-state index in [1.807, 2.05) is 0 Å². The quantitative estimate of drug-likeness (QED) is 0.650. The molecule has 0 bridgehead atoms. The average molecular weight is 238 g/mol. The minimum atomic E-state index is -0.373. The van der Waals surface area contributed by atoms with Gasteiger partial charge in [-0.1, -0.05) is 13.8 Å². The lowest BCUT2D eigenvalue weighted by atomic mass is 9.55. The van der Waals surface area contributed by atoms with E-state index in [2.05, 4.69) is 13.8 Å². The predicted octanol–water partition coefficient (Wildman–Crippen LogP) is 2.53. The molecule has 0 unspecified atom stereocenters. The van der Waals surface area contributed by atoms with Crippen molar-refractivity contribution in [1.82, 2.24) is 0 Å². The third kappa shape index (κ3) is 1.52. The second kappa shape index (κ2) is 3.79. The van der Waals surface area contributed by atoms with Crippen molar-refractivity contribution in [3.05, 3.63) is 0 Å². The largest absolute Gasteiger partial charge is 0.347 e. The van der Waals surface area contributed by atoms with Gasteiger partial charge in [0.2, 0.25) is 0 Å². The first-order chi connectivity index (χ1) is 8.08. The molecule has 3 fully saturated rings. The van der Waals surface area contributed by atoms with Crippen molar-refractivity contribution in [3.8, 4) is 0 Å². The summed E-state index contributed by atoms with van der Waals surface area (Å²) >= 11 is 0. The van der Waals surface area contributed by atoms with Crippen LogP contribution in [0.4, 0.5) is 0 Å². The van der Waals surface area contributed by atoms with Gasteiger partial charge in [0.05, 0.1) is 13.2 Å². The molecule has 3 atom stereocenters. The zero-order valence-corrected chi connectivity index (χ0v) is 10.8. The molecule has 1 aliphatic heterocycles. The van der Waals surface area contributed by atoms with E-state index in [1.54, 1.807) is 0 Å². The van der Waals surface area contributed by atoms with Gasteiger partial charge in [0.25, 0.3) is 0 Å². The fourth-order valence-corrected chi connectivity index (χ4v) is 4.27. The molecule has 96 valence electrons. The monoisotopic (exact) mass is 238 g/mol. The molecular formula is C14H22O3. The van der Waals surface area contributed by atoms with Gasteiger partial charge in [-0.05, 0) is 25.2 Å². The van der Waals surface area contributed by atoms with E-state index in [0.29, 0.717) is 30.8 Å². The van der Waals surface area contributed by atoms with Crippen LogP contribution in [-0.4, -0.2) is 24.8 Å². The normalized spacial score (nSPS) is 44.9. The molecule has 0 N–H and O–H groups in total. The number of ketones is 1. The summed E-state index contributed by atoms with van der Waals surface area (Å²) in [5.41, 5.74) is -0.113. The molecule has 3 rings (SSSR count). The number of carbonyl (C=O) groups is 1. The van der Waals surface area contributed by atoms with Gasteiger partial charge in [0.15, 0.2) is 5.79 Å². The van der Waals surface area contributed by atoms with Crippen LogP contribution in [-0.2, 0) is 14.3 Å². The Morgan fingerprint density at radius 1 is 1.24 bits per heavy atom. The lowest BCUT2D eigenvalue weighted by Gasteiger charge is -2.53. The lowest BCUT2D eigenvalue weighted by Crippen LogP contribution is -2.55. The Bertz CT molecular complexity index is 332. The fraction of sp³-hybridized carbons (Fsp3) is 0.929. The van der Waals surface area contributed by atoms with Crippen molar-refractivity contribution in [2.45, 2.75) is 51.7 Å². The first-order valence-corrected chi connectivity index (χ1v) is 6.90. The van der Waals surface area contributed by atoms with Crippen molar-refractivity contribution >= 4 is 5.78 Å². The molecule has 3 nitrogen and oxygen atoms in total. The Morgan fingerprint density at radius 2 is 1.94 bits per heavy atom. The van der Waals surface area contributed by atoms with E-state index in [4.69, 9.17) is 9.47 Å². The second-order valence-corrected chi connectivity index (χ2v) is 6.14. The van der Waals surface area contributed by atoms with Crippen molar-refractivity contribution in [2.75, 3.05) is 13.2 Å². The van der Waals surface area contributed by atoms with Crippen LogP contribution in [0.15, 0.2) is 0 Å². The van der Waals surface area contributed by atoms with Crippen LogP contribution in [0.5, 0.6) is 0 Å². The molecule has 2 aliphatic carbocycles. The average Bonchev–Trinajstić information content (AvgIpc) is 2.78. The number of hydrogen-bond acceptors (Lipinski definition) is 3. The molecule has 1 saturated heterocycles. The molecule has 1 spiro atoms. The third-order valence-corrected chi connectivity index (χ3v) is 5.44. The van der Waals surface area contributed by atoms with E-state index in [1.165, 1.54) is 0 Å². The van der Waals surface area contributed by atoms with Crippen molar-refractivity contribution in [1.29, 1.82) is 0 Å². The first kappa shape index (κ1) is 11.7. The maximum atomic E-state index is 12.2. The van der Waals surface area contributed by atoms with Gasteiger partial charge in [0.1, 0.15) is 5.78 Å². The molecule has 0 aromatic carbocycles. The van der Waals surface area contributed by atoms with Gasteiger partial charge in [-0.2, -0.15) is 0 Å². The maximum Gasteiger partial charge on any atom is 0.171 e. The SMILES string of the molecule is C[C@@H]1[C@H]2CCCC(=O)[C@]2(C)CCC12OCCO2. The van der Waals surface area contributed by atoms with Crippen LogP contribution < -0.4 is 0 Å². The summed E-state index contributed by atoms with van der Waals surface area (Å²) in [4.78, 5) is 12.2. The highest BCUT2D eigenvalue weighted by Gasteiger charge is 2.58. The number of hydrogen-bond donors (Lipinski definition) is 0. The Hall–Kier alpha value is -0.410. The molecule has 0 aromatic heterocycles. The van der Waals surface area contributed by atoms with Gasteiger partial charge in [-0.15, -0.1) is 0 Å². The van der Waals surface area contributed by atoms with E-state index in [-0.39, 0.29) is 11.2 Å². The highest BCUT2D eigenvalue weighted by molar-refractivity contribution is 5.85. The summed E-state index contributed by atoms with van der Waals surface area (Å²) in [6.45, 7) is 5.80. The van der Waals surface area contributed by atoms with Gasteiger partial charge in [-0.25, -0.2) is 0 Å².